The molecule has 0 fully saturated rings. The first-order valence-electron chi connectivity index (χ1n) is 6.88. The first kappa shape index (κ1) is 15.2. The quantitative estimate of drug-likeness (QED) is 0.540. The Balaban J connectivity index is 2.34. The van der Waals surface area contributed by atoms with Crippen molar-refractivity contribution in [1.82, 2.24) is 0 Å². The molecule has 0 aliphatic carbocycles. The molecule has 0 radical (unpaired) electrons. The largest absolute Gasteiger partial charge is 0.288 e. The van der Waals surface area contributed by atoms with E-state index >= 15 is 0 Å². The summed E-state index contributed by atoms with van der Waals surface area (Å²) < 4.78 is 25.5. The topological polar surface area (TPSA) is 77.3 Å². The lowest BCUT2D eigenvalue weighted by Crippen LogP contribution is -2.06. The van der Waals surface area contributed by atoms with E-state index in [-0.39, 0.29) is 9.79 Å². The number of nitro benzene ring substituents is 1. The monoisotopic (exact) mass is 327 g/mol. The second-order valence-electron chi connectivity index (χ2n) is 5.24. The first-order chi connectivity index (χ1) is 10.9. The van der Waals surface area contributed by atoms with Crippen LogP contribution < -0.4 is 0 Å². The van der Waals surface area contributed by atoms with Crippen molar-refractivity contribution in [3.8, 4) is 0 Å². The highest BCUT2D eigenvalue weighted by Gasteiger charge is 2.28. The number of nitrogens with zero attached hydrogens (tertiary/aromatic N) is 1. The van der Waals surface area contributed by atoms with Crippen molar-refractivity contribution >= 4 is 26.3 Å². The Morgan fingerprint density at radius 1 is 0.913 bits per heavy atom. The van der Waals surface area contributed by atoms with Gasteiger partial charge < -0.3 is 0 Å². The van der Waals surface area contributed by atoms with Crippen LogP contribution in [0.5, 0.6) is 0 Å². The minimum atomic E-state index is -3.96. The molecule has 0 saturated carbocycles. The van der Waals surface area contributed by atoms with Crippen LogP contribution in [0.1, 0.15) is 5.56 Å². The summed E-state index contributed by atoms with van der Waals surface area (Å²) in [5.41, 5.74) is 0.539. The van der Waals surface area contributed by atoms with E-state index in [9.17, 15) is 18.5 Å². The van der Waals surface area contributed by atoms with E-state index in [1.807, 2.05) is 13.0 Å². The molecule has 0 saturated heterocycles. The van der Waals surface area contributed by atoms with Gasteiger partial charge in [0.15, 0.2) is 0 Å². The number of benzene rings is 3. The molecule has 0 unspecified atom stereocenters. The fourth-order valence-corrected chi connectivity index (χ4v) is 3.93. The summed E-state index contributed by atoms with van der Waals surface area (Å²) >= 11 is 0. The van der Waals surface area contributed by atoms with Crippen molar-refractivity contribution < 1.29 is 13.3 Å². The standard InChI is InChI=1S/C17H13NO4S/c1-12-7-8-13-11-17(16(18(19)20)10-14(13)9-12)23(21,22)15-5-3-2-4-6-15/h2-11H,1H3. The third-order valence-corrected chi connectivity index (χ3v) is 5.41. The highest BCUT2D eigenvalue weighted by Crippen LogP contribution is 2.33. The van der Waals surface area contributed by atoms with Crippen molar-refractivity contribution in [3.63, 3.8) is 0 Å². The normalized spacial score (nSPS) is 11.5. The molecule has 0 heterocycles. The van der Waals surface area contributed by atoms with E-state index in [1.165, 1.54) is 24.3 Å². The van der Waals surface area contributed by atoms with Crippen LogP contribution in [0.25, 0.3) is 10.8 Å². The second kappa shape index (κ2) is 5.48. The van der Waals surface area contributed by atoms with Gasteiger partial charge in [-0.2, -0.15) is 0 Å². The van der Waals surface area contributed by atoms with Gasteiger partial charge in [-0.05, 0) is 35.9 Å². The number of hydrogen-bond acceptors (Lipinski definition) is 4. The van der Waals surface area contributed by atoms with Gasteiger partial charge in [0.2, 0.25) is 9.84 Å². The van der Waals surface area contributed by atoms with Crippen LogP contribution in [-0.2, 0) is 9.84 Å². The number of nitro groups is 1. The lowest BCUT2D eigenvalue weighted by molar-refractivity contribution is -0.387. The smallest absolute Gasteiger partial charge is 0.258 e. The van der Waals surface area contributed by atoms with Crippen molar-refractivity contribution in [1.29, 1.82) is 0 Å². The minimum absolute atomic E-state index is 0.0366. The molecule has 0 aliphatic rings. The zero-order valence-electron chi connectivity index (χ0n) is 12.3. The lowest BCUT2D eigenvalue weighted by Gasteiger charge is -2.08. The summed E-state index contributed by atoms with van der Waals surface area (Å²) in [5.74, 6) is 0. The predicted molar refractivity (Wildman–Crippen MR) is 87.2 cm³/mol. The molecule has 0 amide bonds. The molecule has 3 aromatic carbocycles. The Labute approximate surface area is 133 Å². The van der Waals surface area contributed by atoms with E-state index in [2.05, 4.69) is 0 Å². The molecule has 0 spiro atoms. The molecule has 6 heteroatoms. The summed E-state index contributed by atoms with van der Waals surface area (Å²) in [5, 5.41) is 12.7. The highest BCUT2D eigenvalue weighted by atomic mass is 32.2. The molecule has 0 aliphatic heterocycles. The van der Waals surface area contributed by atoms with Crippen molar-refractivity contribution in [2.75, 3.05) is 0 Å². The summed E-state index contributed by atoms with van der Waals surface area (Å²) in [6.07, 6.45) is 0. The summed E-state index contributed by atoms with van der Waals surface area (Å²) in [6.45, 7) is 1.87. The Hall–Kier alpha value is -2.73. The van der Waals surface area contributed by atoms with Crippen LogP contribution in [-0.4, -0.2) is 13.3 Å². The zero-order chi connectivity index (χ0) is 16.6. The van der Waals surface area contributed by atoms with Crippen LogP contribution in [0.4, 0.5) is 5.69 Å². The maximum atomic E-state index is 12.8. The Bertz CT molecular complexity index is 1010. The molecular weight excluding hydrogens is 314 g/mol. The predicted octanol–water partition coefficient (Wildman–Crippen LogP) is 3.89. The van der Waals surface area contributed by atoms with Gasteiger partial charge in [0.05, 0.1) is 9.82 Å². The van der Waals surface area contributed by atoms with Gasteiger partial charge in [-0.15, -0.1) is 0 Å². The van der Waals surface area contributed by atoms with Gasteiger partial charge in [-0.1, -0.05) is 42.0 Å². The fourth-order valence-electron chi connectivity index (χ4n) is 2.47. The highest BCUT2D eigenvalue weighted by molar-refractivity contribution is 7.91. The summed E-state index contributed by atoms with van der Waals surface area (Å²) in [7, 11) is -3.96. The lowest BCUT2D eigenvalue weighted by atomic mass is 10.1. The SMILES string of the molecule is Cc1ccc2cc(S(=O)(=O)c3ccccc3)c([N+](=O)[O-])cc2c1. The summed E-state index contributed by atoms with van der Waals surface area (Å²) in [4.78, 5) is 10.5. The van der Waals surface area contributed by atoms with E-state index < -0.39 is 20.4 Å². The molecule has 3 rings (SSSR count). The molecule has 0 bridgehead atoms. The van der Waals surface area contributed by atoms with E-state index in [0.717, 1.165) is 5.56 Å². The van der Waals surface area contributed by atoms with Crippen molar-refractivity contribution in [2.24, 2.45) is 0 Å². The average molecular weight is 327 g/mol. The first-order valence-corrected chi connectivity index (χ1v) is 8.37. The molecule has 3 aromatic rings. The third-order valence-electron chi connectivity index (χ3n) is 3.61. The fraction of sp³-hybridized carbons (Fsp3) is 0.0588. The van der Waals surface area contributed by atoms with Crippen LogP contribution in [0.2, 0.25) is 0 Å². The van der Waals surface area contributed by atoms with Crippen LogP contribution in [0.3, 0.4) is 0 Å². The van der Waals surface area contributed by atoms with Crippen molar-refractivity contribution in [2.45, 2.75) is 16.7 Å². The third kappa shape index (κ3) is 2.68. The minimum Gasteiger partial charge on any atom is -0.258 e. The molecular formula is C17H13NO4S. The number of hydrogen-bond donors (Lipinski definition) is 0. The molecule has 23 heavy (non-hydrogen) atoms. The number of fused-ring (bicyclic) bond motifs is 1. The Kier molecular flexibility index (Phi) is 3.61. The van der Waals surface area contributed by atoms with E-state index in [0.29, 0.717) is 10.8 Å². The van der Waals surface area contributed by atoms with Crippen molar-refractivity contribution in [3.05, 3.63) is 76.3 Å². The number of sulfone groups is 1. The van der Waals surface area contributed by atoms with E-state index in [4.69, 9.17) is 0 Å². The molecule has 5 nitrogen and oxygen atoms in total. The molecule has 116 valence electrons. The van der Waals surface area contributed by atoms with Gasteiger partial charge in [0.25, 0.3) is 5.69 Å². The van der Waals surface area contributed by atoms with Gasteiger partial charge in [-0.3, -0.25) is 10.1 Å². The van der Waals surface area contributed by atoms with Crippen LogP contribution in [0, 0.1) is 17.0 Å². The number of aryl methyl sites for hydroxylation is 1. The second-order valence-corrected chi connectivity index (χ2v) is 7.16. The number of rotatable bonds is 3. The average Bonchev–Trinajstić information content (AvgIpc) is 2.54. The summed E-state index contributed by atoms with van der Waals surface area (Å²) in [6, 6.07) is 15.8. The molecule has 0 atom stereocenters. The maximum Gasteiger partial charge on any atom is 0.288 e. The molecule has 0 aromatic heterocycles. The zero-order valence-corrected chi connectivity index (χ0v) is 13.1. The van der Waals surface area contributed by atoms with Gasteiger partial charge in [0, 0.05) is 6.07 Å². The van der Waals surface area contributed by atoms with Gasteiger partial charge in [0.1, 0.15) is 4.90 Å². The Morgan fingerprint density at radius 2 is 1.61 bits per heavy atom. The maximum absolute atomic E-state index is 12.8. The van der Waals surface area contributed by atoms with Crippen LogP contribution in [0.15, 0.2) is 70.5 Å². The Morgan fingerprint density at radius 3 is 2.26 bits per heavy atom. The van der Waals surface area contributed by atoms with Gasteiger partial charge >= 0.3 is 0 Å². The van der Waals surface area contributed by atoms with Crippen LogP contribution >= 0.6 is 0 Å². The van der Waals surface area contributed by atoms with Gasteiger partial charge in [-0.25, -0.2) is 8.42 Å². The van der Waals surface area contributed by atoms with E-state index in [1.54, 1.807) is 30.3 Å². The molecule has 0 N–H and O–H groups in total.